The Bertz CT molecular complexity index is 1280. The fraction of sp³-hybridized carbons (Fsp3) is 0.308. The zero-order valence-corrected chi connectivity index (χ0v) is 20.5. The predicted octanol–water partition coefficient (Wildman–Crippen LogP) is 2.47. The minimum Gasteiger partial charge on any atom is -0.392 e. The third-order valence-electron chi connectivity index (χ3n) is 6.48. The molecule has 1 heterocycles. The molecule has 2 aromatic rings. The normalized spacial score (nSPS) is 20.7. The number of aryl methyl sites for hydroxylation is 1. The first-order valence-electron chi connectivity index (χ1n) is 11.6. The number of nitrogens with one attached hydrogen (secondary N) is 3. The summed E-state index contributed by atoms with van der Waals surface area (Å²) in [5, 5.41) is 8.15. The van der Waals surface area contributed by atoms with E-state index in [2.05, 4.69) is 22.5 Å². The zero-order chi connectivity index (χ0) is 25.2. The van der Waals surface area contributed by atoms with Gasteiger partial charge in [-0.25, -0.2) is 8.42 Å². The van der Waals surface area contributed by atoms with Gasteiger partial charge in [0.05, 0.1) is 10.6 Å². The van der Waals surface area contributed by atoms with E-state index in [4.69, 9.17) is 5.73 Å². The Labute approximate surface area is 205 Å². The summed E-state index contributed by atoms with van der Waals surface area (Å²) in [5.41, 5.74) is 8.48. The minimum atomic E-state index is -3.42. The third-order valence-corrected chi connectivity index (χ3v) is 8.18. The van der Waals surface area contributed by atoms with Gasteiger partial charge in [0.2, 0.25) is 0 Å². The average molecular weight is 495 g/mol. The van der Waals surface area contributed by atoms with Gasteiger partial charge in [0, 0.05) is 6.04 Å². The van der Waals surface area contributed by atoms with E-state index in [1.165, 1.54) is 0 Å². The van der Waals surface area contributed by atoms with Crippen LogP contribution in [0.4, 0.5) is 0 Å². The van der Waals surface area contributed by atoms with Gasteiger partial charge in [-0.3, -0.25) is 9.59 Å². The van der Waals surface area contributed by atoms with Crippen LogP contribution < -0.4 is 21.7 Å². The number of amides is 2. The molecule has 2 aliphatic rings. The number of benzene rings is 2. The second-order valence-corrected chi connectivity index (χ2v) is 11.2. The fourth-order valence-corrected chi connectivity index (χ4v) is 5.91. The molecule has 1 aliphatic carbocycles. The molecule has 0 bridgehead atoms. The highest BCUT2D eigenvalue weighted by Gasteiger charge is 2.29. The molecular weight excluding hydrogens is 464 g/mol. The van der Waals surface area contributed by atoms with Crippen LogP contribution in [-0.4, -0.2) is 26.3 Å². The van der Waals surface area contributed by atoms with Crippen molar-refractivity contribution >= 4 is 21.7 Å². The number of hydrogen-bond acceptors (Lipinski definition) is 6. The molecule has 9 heteroatoms. The van der Waals surface area contributed by atoms with Gasteiger partial charge < -0.3 is 21.7 Å². The lowest BCUT2D eigenvalue weighted by molar-refractivity contribution is -0.121. The Morgan fingerprint density at radius 1 is 1.09 bits per heavy atom. The van der Waals surface area contributed by atoms with Gasteiger partial charge in [-0.1, -0.05) is 55.0 Å². The van der Waals surface area contributed by atoms with Crippen LogP contribution in [0.1, 0.15) is 48.3 Å². The summed E-state index contributed by atoms with van der Waals surface area (Å²) in [6.45, 7) is 5.55. The highest BCUT2D eigenvalue weighted by molar-refractivity contribution is 7.90. The van der Waals surface area contributed by atoms with Gasteiger partial charge >= 0.3 is 0 Å². The molecule has 0 radical (unpaired) electrons. The minimum absolute atomic E-state index is 0.0139. The van der Waals surface area contributed by atoms with E-state index in [0.29, 0.717) is 4.90 Å². The van der Waals surface area contributed by atoms with E-state index in [9.17, 15) is 18.0 Å². The maximum absolute atomic E-state index is 12.8. The first kappa shape index (κ1) is 24.5. The second kappa shape index (κ2) is 9.95. The zero-order valence-electron chi connectivity index (χ0n) is 19.6. The summed E-state index contributed by atoms with van der Waals surface area (Å²) in [4.78, 5) is 24.9. The van der Waals surface area contributed by atoms with Gasteiger partial charge in [0.25, 0.3) is 11.8 Å². The number of nitrogens with two attached hydrogens (primary N) is 1. The van der Waals surface area contributed by atoms with E-state index in [0.717, 1.165) is 42.4 Å². The van der Waals surface area contributed by atoms with Crippen LogP contribution in [0.5, 0.6) is 0 Å². The summed E-state index contributed by atoms with van der Waals surface area (Å²) in [6, 6.07) is 14.5. The van der Waals surface area contributed by atoms with Crippen molar-refractivity contribution in [3.05, 3.63) is 89.0 Å². The van der Waals surface area contributed by atoms with Gasteiger partial charge in [-0.15, -0.1) is 0 Å². The average Bonchev–Trinajstić information content (AvgIpc) is 2.82. The maximum Gasteiger partial charge on any atom is 0.274 e. The molecule has 2 aromatic carbocycles. The Balaban J connectivity index is 1.39. The SMILES string of the molecule is C=C1NC(=O)C(N)=C(C(=O)NC2CCCC(c3ccc(CS(=O)(=O)c4ccc(C)cc4)cc3)C2)N1. The monoisotopic (exact) mass is 494 g/mol. The maximum atomic E-state index is 12.8. The Kier molecular flexibility index (Phi) is 6.98. The Hall–Kier alpha value is -3.59. The van der Waals surface area contributed by atoms with Crippen LogP contribution in [0, 0.1) is 6.92 Å². The quantitative estimate of drug-likeness (QED) is 0.488. The number of carbonyl (C=O) groups excluding carboxylic acids is 2. The number of rotatable bonds is 6. The van der Waals surface area contributed by atoms with Crippen molar-refractivity contribution in [3.8, 4) is 0 Å². The van der Waals surface area contributed by atoms with Gasteiger partial charge in [0.15, 0.2) is 9.84 Å². The Morgan fingerprint density at radius 3 is 2.46 bits per heavy atom. The molecule has 1 fully saturated rings. The van der Waals surface area contributed by atoms with Crippen LogP contribution in [0.25, 0.3) is 0 Å². The summed E-state index contributed by atoms with van der Waals surface area (Å²) in [6.07, 6.45) is 3.49. The van der Waals surface area contributed by atoms with Crippen LogP contribution in [-0.2, 0) is 25.2 Å². The molecule has 1 aliphatic heterocycles. The van der Waals surface area contributed by atoms with Gasteiger partial charge in [-0.2, -0.15) is 0 Å². The summed E-state index contributed by atoms with van der Waals surface area (Å²) >= 11 is 0. The van der Waals surface area contributed by atoms with Crippen molar-refractivity contribution in [1.82, 2.24) is 16.0 Å². The first-order valence-corrected chi connectivity index (χ1v) is 13.2. The second-order valence-electron chi connectivity index (χ2n) is 9.19. The van der Waals surface area contributed by atoms with Crippen molar-refractivity contribution in [2.75, 3.05) is 0 Å². The lowest BCUT2D eigenvalue weighted by Crippen LogP contribution is -2.48. The lowest BCUT2D eigenvalue weighted by atomic mass is 9.81. The molecule has 0 saturated heterocycles. The molecule has 0 spiro atoms. The van der Waals surface area contributed by atoms with Crippen molar-refractivity contribution in [1.29, 1.82) is 0 Å². The van der Waals surface area contributed by atoms with Crippen molar-refractivity contribution in [3.63, 3.8) is 0 Å². The summed E-state index contributed by atoms with van der Waals surface area (Å²) in [7, 11) is -3.42. The molecule has 8 nitrogen and oxygen atoms in total. The lowest BCUT2D eigenvalue weighted by Gasteiger charge is -2.31. The molecular formula is C26H30N4O4S. The van der Waals surface area contributed by atoms with E-state index >= 15 is 0 Å². The van der Waals surface area contributed by atoms with Gasteiger partial charge in [0.1, 0.15) is 17.2 Å². The highest BCUT2D eigenvalue weighted by Crippen LogP contribution is 2.33. The molecule has 4 rings (SSSR count). The van der Waals surface area contributed by atoms with Crippen molar-refractivity contribution in [2.45, 2.75) is 55.2 Å². The van der Waals surface area contributed by atoms with E-state index in [-0.39, 0.29) is 34.9 Å². The fourth-order valence-electron chi connectivity index (χ4n) is 4.56. The molecule has 5 N–H and O–H groups in total. The number of hydrogen-bond donors (Lipinski definition) is 4. The summed E-state index contributed by atoms with van der Waals surface area (Å²) < 4.78 is 25.5. The number of carbonyl (C=O) groups is 2. The van der Waals surface area contributed by atoms with Gasteiger partial charge in [-0.05, 0) is 55.4 Å². The summed E-state index contributed by atoms with van der Waals surface area (Å²) in [5.74, 6) is -0.589. The topological polar surface area (TPSA) is 130 Å². The molecule has 0 aromatic heterocycles. The third kappa shape index (κ3) is 5.74. The van der Waals surface area contributed by atoms with Crippen LogP contribution in [0.2, 0.25) is 0 Å². The number of sulfone groups is 1. The Morgan fingerprint density at radius 2 is 1.77 bits per heavy atom. The molecule has 35 heavy (non-hydrogen) atoms. The van der Waals surface area contributed by atoms with E-state index in [1.807, 2.05) is 31.2 Å². The standard InChI is InChI=1S/C26H30N4O4S/c1-16-6-12-22(13-7-16)35(33,34)15-18-8-10-19(11-9-18)20-4-3-5-21(14-20)30-26(32)24-23(27)25(31)29-17(2)28-24/h6-13,20-21,28H,2-5,14-15,27H2,1H3,(H,29,31)(H,30,32). The smallest absolute Gasteiger partial charge is 0.274 e. The van der Waals surface area contributed by atoms with Crippen LogP contribution in [0.3, 0.4) is 0 Å². The molecule has 2 unspecified atom stereocenters. The predicted molar refractivity (Wildman–Crippen MR) is 133 cm³/mol. The van der Waals surface area contributed by atoms with Crippen molar-refractivity contribution in [2.24, 2.45) is 5.73 Å². The highest BCUT2D eigenvalue weighted by atomic mass is 32.2. The van der Waals surface area contributed by atoms with Crippen LogP contribution in [0.15, 0.2) is 77.2 Å². The van der Waals surface area contributed by atoms with Crippen LogP contribution >= 0.6 is 0 Å². The van der Waals surface area contributed by atoms with Crippen molar-refractivity contribution < 1.29 is 18.0 Å². The largest absolute Gasteiger partial charge is 0.392 e. The molecule has 2 atom stereocenters. The molecule has 184 valence electrons. The molecule has 2 amide bonds. The van der Waals surface area contributed by atoms with E-state index in [1.54, 1.807) is 24.3 Å². The molecule has 1 saturated carbocycles. The van der Waals surface area contributed by atoms with E-state index < -0.39 is 21.7 Å². The first-order chi connectivity index (χ1) is 16.6.